The Morgan fingerprint density at radius 2 is 2.05 bits per heavy atom. The average Bonchev–Trinajstić information content (AvgIpc) is 2.90. The smallest absolute Gasteiger partial charge is 0.257 e. The SMILES string of the molecule is COc1cccc(C(=O)N(C)Cc2ccn(C)n2)c1OC. The molecule has 0 atom stereocenters. The number of ether oxygens (including phenoxy) is 2. The second kappa shape index (κ2) is 6.30. The first-order valence-electron chi connectivity index (χ1n) is 6.51. The molecule has 1 aromatic carbocycles. The Hall–Kier alpha value is -2.50. The summed E-state index contributed by atoms with van der Waals surface area (Å²) in [6, 6.07) is 7.13. The molecule has 0 fully saturated rings. The zero-order valence-electron chi connectivity index (χ0n) is 12.7. The lowest BCUT2D eigenvalue weighted by atomic mass is 10.1. The Bertz CT molecular complexity index is 637. The van der Waals surface area contributed by atoms with Gasteiger partial charge in [0.05, 0.1) is 32.0 Å². The molecule has 0 aliphatic heterocycles. The second-order valence-electron chi connectivity index (χ2n) is 4.68. The minimum atomic E-state index is -0.142. The molecule has 21 heavy (non-hydrogen) atoms. The molecule has 0 spiro atoms. The molecule has 1 heterocycles. The van der Waals surface area contributed by atoms with E-state index in [-0.39, 0.29) is 5.91 Å². The van der Waals surface area contributed by atoms with Gasteiger partial charge in [0.2, 0.25) is 0 Å². The van der Waals surface area contributed by atoms with E-state index in [0.717, 1.165) is 5.69 Å². The average molecular weight is 289 g/mol. The number of benzene rings is 1. The Morgan fingerprint density at radius 1 is 1.29 bits per heavy atom. The normalized spacial score (nSPS) is 10.3. The van der Waals surface area contributed by atoms with Gasteiger partial charge in [0.15, 0.2) is 11.5 Å². The van der Waals surface area contributed by atoms with Crippen molar-refractivity contribution in [1.29, 1.82) is 0 Å². The summed E-state index contributed by atoms with van der Waals surface area (Å²) in [5, 5.41) is 4.27. The maximum Gasteiger partial charge on any atom is 0.257 e. The van der Waals surface area contributed by atoms with Crippen molar-refractivity contribution in [2.75, 3.05) is 21.3 Å². The molecule has 0 aliphatic carbocycles. The quantitative estimate of drug-likeness (QED) is 0.841. The van der Waals surface area contributed by atoms with E-state index in [4.69, 9.17) is 9.47 Å². The molecule has 0 unspecified atom stereocenters. The van der Waals surface area contributed by atoms with Crippen LogP contribution in [0.2, 0.25) is 0 Å². The van der Waals surface area contributed by atoms with Gasteiger partial charge < -0.3 is 14.4 Å². The minimum Gasteiger partial charge on any atom is -0.493 e. The van der Waals surface area contributed by atoms with Crippen molar-refractivity contribution in [1.82, 2.24) is 14.7 Å². The van der Waals surface area contributed by atoms with Crippen LogP contribution >= 0.6 is 0 Å². The lowest BCUT2D eigenvalue weighted by Gasteiger charge is -2.18. The fraction of sp³-hybridized carbons (Fsp3) is 0.333. The van der Waals surface area contributed by atoms with Crippen LogP contribution in [0, 0.1) is 0 Å². The van der Waals surface area contributed by atoms with E-state index < -0.39 is 0 Å². The Labute approximate surface area is 123 Å². The Morgan fingerprint density at radius 3 is 2.62 bits per heavy atom. The molecule has 0 aliphatic rings. The second-order valence-corrected chi connectivity index (χ2v) is 4.68. The van der Waals surface area contributed by atoms with Gasteiger partial charge in [-0.3, -0.25) is 9.48 Å². The number of carbonyl (C=O) groups is 1. The molecule has 6 nitrogen and oxygen atoms in total. The molecule has 0 saturated heterocycles. The van der Waals surface area contributed by atoms with Gasteiger partial charge in [-0.25, -0.2) is 0 Å². The maximum absolute atomic E-state index is 12.6. The van der Waals surface area contributed by atoms with E-state index in [1.807, 2.05) is 19.3 Å². The number of hydrogen-bond donors (Lipinski definition) is 0. The fourth-order valence-electron chi connectivity index (χ4n) is 2.12. The number of aryl methyl sites for hydroxylation is 1. The van der Waals surface area contributed by atoms with E-state index in [2.05, 4.69) is 5.10 Å². The number of methoxy groups -OCH3 is 2. The van der Waals surface area contributed by atoms with Crippen LogP contribution in [0.5, 0.6) is 11.5 Å². The molecule has 6 heteroatoms. The maximum atomic E-state index is 12.6. The molecule has 2 aromatic rings. The summed E-state index contributed by atoms with van der Waals surface area (Å²) in [6.45, 7) is 0.431. The standard InChI is InChI=1S/C15H19N3O3/c1-17(10-11-8-9-18(2)16-11)15(19)12-6-5-7-13(20-3)14(12)21-4/h5-9H,10H2,1-4H3. The molecular formula is C15H19N3O3. The number of carbonyl (C=O) groups excluding carboxylic acids is 1. The third kappa shape index (κ3) is 3.16. The van der Waals surface area contributed by atoms with Gasteiger partial charge in [-0.05, 0) is 18.2 Å². The molecule has 112 valence electrons. The van der Waals surface area contributed by atoms with Crippen molar-refractivity contribution in [3.63, 3.8) is 0 Å². The highest BCUT2D eigenvalue weighted by Gasteiger charge is 2.20. The predicted octanol–water partition coefficient (Wildman–Crippen LogP) is 1.71. The summed E-state index contributed by atoms with van der Waals surface area (Å²) in [5.74, 6) is 0.837. The highest BCUT2D eigenvalue weighted by atomic mass is 16.5. The van der Waals surface area contributed by atoms with Crippen molar-refractivity contribution in [2.24, 2.45) is 7.05 Å². The van der Waals surface area contributed by atoms with E-state index in [0.29, 0.717) is 23.6 Å². The largest absolute Gasteiger partial charge is 0.493 e. The molecule has 0 radical (unpaired) electrons. The van der Waals surface area contributed by atoms with Gasteiger partial charge in [-0.15, -0.1) is 0 Å². The highest BCUT2D eigenvalue weighted by molar-refractivity contribution is 5.97. The van der Waals surface area contributed by atoms with Gasteiger partial charge in [0, 0.05) is 20.3 Å². The molecule has 1 aromatic heterocycles. The Kier molecular flexibility index (Phi) is 4.47. The third-order valence-corrected chi connectivity index (χ3v) is 3.15. The minimum absolute atomic E-state index is 0.142. The summed E-state index contributed by atoms with van der Waals surface area (Å²) < 4.78 is 12.2. The number of rotatable bonds is 5. The molecule has 0 bridgehead atoms. The van der Waals surface area contributed by atoms with Gasteiger partial charge in [-0.1, -0.05) is 6.07 Å². The first-order chi connectivity index (χ1) is 10.1. The Balaban J connectivity index is 2.23. The lowest BCUT2D eigenvalue weighted by molar-refractivity contribution is 0.0779. The zero-order valence-corrected chi connectivity index (χ0v) is 12.7. The van der Waals surface area contributed by atoms with Crippen LogP contribution in [-0.4, -0.2) is 41.9 Å². The molecule has 1 amide bonds. The van der Waals surface area contributed by atoms with Gasteiger partial charge >= 0.3 is 0 Å². The summed E-state index contributed by atoms with van der Waals surface area (Å²) in [7, 11) is 6.64. The molecule has 0 N–H and O–H groups in total. The van der Waals surface area contributed by atoms with Gasteiger partial charge in [0.1, 0.15) is 0 Å². The van der Waals surface area contributed by atoms with Gasteiger partial charge in [0.25, 0.3) is 5.91 Å². The number of amides is 1. The summed E-state index contributed by atoms with van der Waals surface area (Å²) in [6.07, 6.45) is 1.85. The third-order valence-electron chi connectivity index (χ3n) is 3.15. The first kappa shape index (κ1) is 14.9. The van der Waals surface area contributed by atoms with Crippen molar-refractivity contribution in [3.8, 4) is 11.5 Å². The van der Waals surface area contributed by atoms with Crippen LogP contribution in [0.1, 0.15) is 16.1 Å². The van der Waals surface area contributed by atoms with E-state index in [9.17, 15) is 4.79 Å². The van der Waals surface area contributed by atoms with Crippen molar-refractivity contribution < 1.29 is 14.3 Å². The predicted molar refractivity (Wildman–Crippen MR) is 78.6 cm³/mol. The van der Waals surface area contributed by atoms with E-state index in [1.54, 1.807) is 41.9 Å². The number of aromatic nitrogens is 2. The number of nitrogens with zero attached hydrogens (tertiary/aromatic N) is 3. The highest BCUT2D eigenvalue weighted by Crippen LogP contribution is 2.31. The topological polar surface area (TPSA) is 56.6 Å². The summed E-state index contributed by atoms with van der Waals surface area (Å²) in [4.78, 5) is 14.2. The molecule has 0 saturated carbocycles. The molecular weight excluding hydrogens is 270 g/mol. The van der Waals surface area contributed by atoms with Crippen molar-refractivity contribution >= 4 is 5.91 Å². The van der Waals surface area contributed by atoms with Crippen molar-refractivity contribution in [2.45, 2.75) is 6.54 Å². The van der Waals surface area contributed by atoms with Crippen LogP contribution < -0.4 is 9.47 Å². The van der Waals surface area contributed by atoms with Crippen LogP contribution in [0.4, 0.5) is 0 Å². The van der Waals surface area contributed by atoms with E-state index >= 15 is 0 Å². The number of para-hydroxylation sites is 1. The monoisotopic (exact) mass is 289 g/mol. The molecule has 2 rings (SSSR count). The lowest BCUT2D eigenvalue weighted by Crippen LogP contribution is -2.27. The summed E-state index contributed by atoms with van der Waals surface area (Å²) >= 11 is 0. The van der Waals surface area contributed by atoms with Crippen molar-refractivity contribution in [3.05, 3.63) is 41.7 Å². The fourth-order valence-corrected chi connectivity index (χ4v) is 2.12. The number of hydrogen-bond acceptors (Lipinski definition) is 4. The van der Waals surface area contributed by atoms with Crippen LogP contribution in [0.15, 0.2) is 30.5 Å². The summed E-state index contributed by atoms with van der Waals surface area (Å²) in [5.41, 5.74) is 1.30. The van der Waals surface area contributed by atoms with Crippen LogP contribution in [-0.2, 0) is 13.6 Å². The van der Waals surface area contributed by atoms with Crippen LogP contribution in [0.3, 0.4) is 0 Å². The van der Waals surface area contributed by atoms with Gasteiger partial charge in [-0.2, -0.15) is 5.10 Å². The zero-order chi connectivity index (χ0) is 15.4. The van der Waals surface area contributed by atoms with Crippen LogP contribution in [0.25, 0.3) is 0 Å². The van der Waals surface area contributed by atoms with E-state index in [1.165, 1.54) is 7.11 Å². The first-order valence-corrected chi connectivity index (χ1v) is 6.51.